The molecule has 0 aromatic heterocycles. The van der Waals surface area contributed by atoms with Crippen LogP contribution in [-0.2, 0) is 14.4 Å². The third kappa shape index (κ3) is 5.65. The van der Waals surface area contributed by atoms with Gasteiger partial charge in [-0.05, 0) is 42.7 Å². The Hall–Kier alpha value is -4.21. The third-order valence-corrected chi connectivity index (χ3v) is 5.91. The van der Waals surface area contributed by atoms with Crippen LogP contribution in [0.4, 0.5) is 11.4 Å². The highest BCUT2D eigenvalue weighted by Gasteiger charge is 2.45. The molecule has 1 atom stereocenters. The normalized spacial score (nSPS) is 17.0. The summed E-state index contributed by atoms with van der Waals surface area (Å²) >= 11 is 0. The number of hydrogen-bond acceptors (Lipinski definition) is 7. The standard InChI is InChI=1S/C25H27N3O7/c1-26(2)18-11-7-16(8-12-18)22-21(23(31)17-9-13-19(14-10-17)28(34)35)24(32)25(33)27(22)15-5-3-4-6-20(29)30/h7-14,22,31H,3-6,15H2,1-2H3,(H,29,30)/t22-/m1/s1. The van der Waals surface area contributed by atoms with Crippen molar-refractivity contribution in [3.63, 3.8) is 0 Å². The molecule has 0 spiro atoms. The lowest BCUT2D eigenvalue weighted by Crippen LogP contribution is -2.30. The molecule has 1 aliphatic heterocycles. The van der Waals surface area contributed by atoms with Gasteiger partial charge in [-0.15, -0.1) is 0 Å². The molecule has 3 rings (SSSR count). The predicted molar refractivity (Wildman–Crippen MR) is 129 cm³/mol. The van der Waals surface area contributed by atoms with Gasteiger partial charge in [0.25, 0.3) is 17.4 Å². The molecule has 1 fully saturated rings. The Bertz CT molecular complexity index is 1150. The molecule has 1 amide bonds. The Morgan fingerprint density at radius 2 is 1.63 bits per heavy atom. The molecule has 1 saturated heterocycles. The number of rotatable bonds is 10. The largest absolute Gasteiger partial charge is 0.507 e. The van der Waals surface area contributed by atoms with Crippen LogP contribution in [0.25, 0.3) is 5.76 Å². The topological polar surface area (TPSA) is 141 Å². The van der Waals surface area contributed by atoms with Gasteiger partial charge >= 0.3 is 5.97 Å². The summed E-state index contributed by atoms with van der Waals surface area (Å²) < 4.78 is 0. The third-order valence-electron chi connectivity index (χ3n) is 5.91. The van der Waals surface area contributed by atoms with E-state index < -0.39 is 34.4 Å². The van der Waals surface area contributed by atoms with E-state index in [4.69, 9.17) is 5.11 Å². The average molecular weight is 482 g/mol. The number of carboxylic acids is 1. The zero-order valence-electron chi connectivity index (χ0n) is 19.5. The van der Waals surface area contributed by atoms with Crippen LogP contribution in [0.3, 0.4) is 0 Å². The first-order valence-corrected chi connectivity index (χ1v) is 11.1. The number of aliphatic carboxylic acids is 1. The minimum atomic E-state index is -0.894. The minimum Gasteiger partial charge on any atom is -0.507 e. The number of non-ortho nitro benzene ring substituents is 1. The predicted octanol–water partition coefficient (Wildman–Crippen LogP) is 3.73. The van der Waals surface area contributed by atoms with Crippen LogP contribution in [0.15, 0.2) is 54.1 Å². The molecule has 0 radical (unpaired) electrons. The van der Waals surface area contributed by atoms with Gasteiger partial charge in [-0.3, -0.25) is 24.5 Å². The van der Waals surface area contributed by atoms with Crippen molar-refractivity contribution in [2.45, 2.75) is 31.7 Å². The van der Waals surface area contributed by atoms with Gasteiger partial charge in [0.15, 0.2) is 0 Å². The number of hydrogen-bond donors (Lipinski definition) is 2. The van der Waals surface area contributed by atoms with Crippen molar-refractivity contribution in [2.24, 2.45) is 0 Å². The maximum atomic E-state index is 13.0. The lowest BCUT2D eigenvalue weighted by Gasteiger charge is -2.26. The molecule has 0 saturated carbocycles. The highest BCUT2D eigenvalue weighted by Crippen LogP contribution is 2.40. The summed E-state index contributed by atoms with van der Waals surface area (Å²) in [7, 11) is 3.76. The zero-order chi connectivity index (χ0) is 25.7. The number of ketones is 1. The fourth-order valence-corrected chi connectivity index (χ4v) is 4.04. The van der Waals surface area contributed by atoms with E-state index in [1.54, 1.807) is 12.1 Å². The van der Waals surface area contributed by atoms with Gasteiger partial charge in [0.05, 0.1) is 16.5 Å². The molecule has 10 nitrogen and oxygen atoms in total. The molecule has 0 unspecified atom stereocenters. The van der Waals surface area contributed by atoms with E-state index in [0.717, 1.165) is 5.69 Å². The summed E-state index contributed by atoms with van der Waals surface area (Å²) in [5, 5.41) is 30.8. The van der Waals surface area contributed by atoms with E-state index in [2.05, 4.69) is 0 Å². The molecule has 35 heavy (non-hydrogen) atoms. The van der Waals surface area contributed by atoms with Gasteiger partial charge in [-0.2, -0.15) is 0 Å². The molecule has 1 heterocycles. The number of aliphatic hydroxyl groups is 1. The molecule has 2 N–H and O–H groups in total. The van der Waals surface area contributed by atoms with E-state index in [1.165, 1.54) is 29.2 Å². The van der Waals surface area contributed by atoms with Crippen LogP contribution < -0.4 is 4.90 Å². The van der Waals surface area contributed by atoms with Crippen molar-refractivity contribution in [2.75, 3.05) is 25.5 Å². The minimum absolute atomic E-state index is 0.0222. The monoisotopic (exact) mass is 481 g/mol. The van der Waals surface area contributed by atoms with Crippen LogP contribution in [0.5, 0.6) is 0 Å². The number of aliphatic hydroxyl groups excluding tert-OH is 1. The van der Waals surface area contributed by atoms with Crippen molar-refractivity contribution in [3.8, 4) is 0 Å². The Labute approximate surface area is 202 Å². The number of nitro benzene ring substituents is 1. The van der Waals surface area contributed by atoms with Crippen molar-refractivity contribution >= 4 is 34.8 Å². The van der Waals surface area contributed by atoms with Crippen LogP contribution >= 0.6 is 0 Å². The highest BCUT2D eigenvalue weighted by atomic mass is 16.6. The number of Topliss-reactive ketones (excluding diaryl/α,β-unsaturated/α-hetero) is 1. The molecular formula is C25H27N3O7. The first kappa shape index (κ1) is 25.4. The first-order valence-electron chi connectivity index (χ1n) is 11.1. The number of likely N-dealkylation sites (tertiary alicyclic amines) is 1. The summed E-state index contributed by atoms with van der Waals surface area (Å²) in [5.74, 6) is -2.90. The van der Waals surface area contributed by atoms with Crippen molar-refractivity contribution < 1.29 is 29.5 Å². The van der Waals surface area contributed by atoms with E-state index in [1.807, 2.05) is 31.1 Å². The van der Waals surface area contributed by atoms with Gasteiger partial charge in [0.1, 0.15) is 5.76 Å². The quantitative estimate of drug-likeness (QED) is 0.131. The summed E-state index contributed by atoms with van der Waals surface area (Å²) in [6.07, 6.45) is 1.52. The maximum Gasteiger partial charge on any atom is 0.303 e. The Morgan fingerprint density at radius 3 is 2.17 bits per heavy atom. The number of carbonyl (C=O) groups excluding carboxylic acids is 2. The van der Waals surface area contributed by atoms with E-state index in [9.17, 15) is 29.6 Å². The van der Waals surface area contributed by atoms with Gasteiger partial charge in [0.2, 0.25) is 0 Å². The van der Waals surface area contributed by atoms with Crippen LogP contribution in [0.2, 0.25) is 0 Å². The van der Waals surface area contributed by atoms with Crippen molar-refractivity contribution in [1.82, 2.24) is 4.90 Å². The molecule has 0 aliphatic carbocycles. The molecule has 2 aromatic carbocycles. The summed E-state index contributed by atoms with van der Waals surface area (Å²) in [4.78, 5) is 50.4. The Balaban J connectivity index is 2.00. The highest BCUT2D eigenvalue weighted by molar-refractivity contribution is 6.46. The number of anilines is 1. The average Bonchev–Trinajstić information content (AvgIpc) is 3.08. The molecular weight excluding hydrogens is 454 g/mol. The van der Waals surface area contributed by atoms with Gasteiger partial charge < -0.3 is 20.0 Å². The second kappa shape index (κ2) is 10.8. The second-order valence-electron chi connectivity index (χ2n) is 8.49. The number of unbranched alkanes of at least 4 members (excludes halogenated alkanes) is 2. The lowest BCUT2D eigenvalue weighted by molar-refractivity contribution is -0.384. The summed E-state index contributed by atoms with van der Waals surface area (Å²) in [6, 6.07) is 11.5. The van der Waals surface area contributed by atoms with Crippen LogP contribution in [-0.4, -0.2) is 58.3 Å². The number of nitrogens with zero attached hydrogens (tertiary/aromatic N) is 3. The molecule has 184 valence electrons. The Kier molecular flexibility index (Phi) is 7.85. The zero-order valence-corrected chi connectivity index (χ0v) is 19.5. The van der Waals surface area contributed by atoms with Crippen LogP contribution in [0, 0.1) is 10.1 Å². The van der Waals surface area contributed by atoms with Crippen molar-refractivity contribution in [3.05, 3.63) is 75.3 Å². The number of amides is 1. The number of carbonyl (C=O) groups is 3. The van der Waals surface area contributed by atoms with Crippen molar-refractivity contribution in [1.29, 1.82) is 0 Å². The maximum absolute atomic E-state index is 13.0. The smallest absolute Gasteiger partial charge is 0.303 e. The lowest BCUT2D eigenvalue weighted by atomic mass is 9.95. The van der Waals surface area contributed by atoms with Gasteiger partial charge in [-0.1, -0.05) is 18.6 Å². The molecule has 1 aliphatic rings. The molecule has 10 heteroatoms. The number of benzene rings is 2. The Morgan fingerprint density at radius 1 is 1.00 bits per heavy atom. The fraction of sp³-hybridized carbons (Fsp3) is 0.320. The summed E-state index contributed by atoms with van der Waals surface area (Å²) in [5.41, 5.74) is 1.47. The molecule has 0 bridgehead atoms. The van der Waals surface area contributed by atoms with E-state index >= 15 is 0 Å². The summed E-state index contributed by atoms with van der Waals surface area (Å²) in [6.45, 7) is 0.210. The SMILES string of the molecule is CN(C)c1ccc([C@@H]2C(=C(O)c3ccc([N+](=O)[O-])cc3)C(=O)C(=O)N2CCCCCC(=O)O)cc1. The molecule has 2 aromatic rings. The van der Waals surface area contributed by atoms with Gasteiger partial charge in [-0.25, -0.2) is 0 Å². The fourth-order valence-electron chi connectivity index (χ4n) is 4.04. The first-order chi connectivity index (χ1) is 16.6. The second-order valence-corrected chi connectivity index (χ2v) is 8.49. The number of carboxylic acid groups (broad SMARTS) is 1. The van der Waals surface area contributed by atoms with E-state index in [-0.39, 0.29) is 29.8 Å². The van der Waals surface area contributed by atoms with Gasteiger partial charge in [0, 0.05) is 50.4 Å². The number of nitro groups is 1. The van der Waals surface area contributed by atoms with E-state index in [0.29, 0.717) is 24.8 Å². The van der Waals surface area contributed by atoms with Crippen LogP contribution in [0.1, 0.15) is 42.9 Å².